The number of nitrogens with two attached hydrogens (primary N) is 1. The molecule has 1 nitrogen and oxygen atoms in total. The Bertz CT molecular complexity index is 276. The van der Waals surface area contributed by atoms with E-state index in [1.165, 1.54) is 18.2 Å². The van der Waals surface area contributed by atoms with Gasteiger partial charge in [-0.25, -0.2) is 8.78 Å². The van der Waals surface area contributed by atoms with Gasteiger partial charge in [0.05, 0.1) is 0 Å². The highest BCUT2D eigenvalue weighted by Gasteiger charge is 2.08. The van der Waals surface area contributed by atoms with E-state index in [4.69, 9.17) is 17.3 Å². The van der Waals surface area contributed by atoms with E-state index >= 15 is 0 Å². The minimum Gasteiger partial charge on any atom is -0.326 e. The van der Waals surface area contributed by atoms with Gasteiger partial charge in [-0.2, -0.15) is 0 Å². The van der Waals surface area contributed by atoms with E-state index in [1.54, 1.807) is 0 Å². The van der Waals surface area contributed by atoms with Gasteiger partial charge in [0.25, 0.3) is 6.43 Å². The molecule has 0 aliphatic heterocycles. The summed E-state index contributed by atoms with van der Waals surface area (Å²) in [4.78, 5) is 0. The van der Waals surface area contributed by atoms with Crippen molar-refractivity contribution in [2.45, 2.75) is 13.0 Å². The standard InChI is InChI=1S/C8H8ClF2N/c9-7-3-5(8(10)11)1-2-6(7)4-12/h1-3,8H,4,12H2. The lowest BCUT2D eigenvalue weighted by molar-refractivity contribution is 0.151. The van der Waals surface area contributed by atoms with Crippen LogP contribution in [0.4, 0.5) is 8.78 Å². The van der Waals surface area contributed by atoms with Crippen molar-refractivity contribution < 1.29 is 8.78 Å². The van der Waals surface area contributed by atoms with Crippen molar-refractivity contribution in [1.82, 2.24) is 0 Å². The van der Waals surface area contributed by atoms with E-state index < -0.39 is 6.43 Å². The molecule has 0 bridgehead atoms. The van der Waals surface area contributed by atoms with E-state index in [1.807, 2.05) is 0 Å². The summed E-state index contributed by atoms with van der Waals surface area (Å²) in [6.07, 6.45) is -2.48. The third kappa shape index (κ3) is 1.93. The van der Waals surface area contributed by atoms with Gasteiger partial charge in [0.2, 0.25) is 0 Å². The minimum atomic E-state index is -2.48. The highest BCUT2D eigenvalue weighted by atomic mass is 35.5. The second-order valence-electron chi connectivity index (χ2n) is 2.36. The Kier molecular flexibility index (Phi) is 3.00. The van der Waals surface area contributed by atoms with Crippen molar-refractivity contribution in [2.24, 2.45) is 5.73 Å². The molecule has 1 aromatic carbocycles. The average Bonchev–Trinajstić information content (AvgIpc) is 2.04. The highest BCUT2D eigenvalue weighted by molar-refractivity contribution is 6.31. The number of rotatable bonds is 2. The molecule has 0 atom stereocenters. The van der Waals surface area contributed by atoms with Crippen LogP contribution in [0.25, 0.3) is 0 Å². The van der Waals surface area contributed by atoms with Crippen LogP contribution < -0.4 is 5.73 Å². The summed E-state index contributed by atoms with van der Waals surface area (Å²) in [5.41, 5.74) is 5.91. The Hall–Kier alpha value is -0.670. The van der Waals surface area contributed by atoms with Gasteiger partial charge < -0.3 is 5.73 Å². The van der Waals surface area contributed by atoms with Gasteiger partial charge in [-0.3, -0.25) is 0 Å². The van der Waals surface area contributed by atoms with Gasteiger partial charge in [0.15, 0.2) is 0 Å². The predicted molar refractivity (Wildman–Crippen MR) is 44.3 cm³/mol. The molecule has 0 saturated heterocycles. The van der Waals surface area contributed by atoms with E-state index in [2.05, 4.69) is 0 Å². The number of halogens is 3. The van der Waals surface area contributed by atoms with Crippen LogP contribution in [0.15, 0.2) is 18.2 Å². The molecule has 0 spiro atoms. The van der Waals surface area contributed by atoms with Crippen molar-refractivity contribution in [3.05, 3.63) is 34.3 Å². The predicted octanol–water partition coefficient (Wildman–Crippen LogP) is 2.74. The topological polar surface area (TPSA) is 26.0 Å². The van der Waals surface area contributed by atoms with Crippen LogP contribution in [0.5, 0.6) is 0 Å². The van der Waals surface area contributed by atoms with Crippen molar-refractivity contribution >= 4 is 11.6 Å². The second-order valence-corrected chi connectivity index (χ2v) is 2.76. The molecule has 4 heteroatoms. The molecular formula is C8H8ClF2N. The molecule has 0 aliphatic carbocycles. The summed E-state index contributed by atoms with van der Waals surface area (Å²) in [5.74, 6) is 0. The monoisotopic (exact) mass is 191 g/mol. The molecule has 1 aromatic rings. The maximum absolute atomic E-state index is 12.1. The van der Waals surface area contributed by atoms with Crippen LogP contribution in [0.1, 0.15) is 17.6 Å². The van der Waals surface area contributed by atoms with Gasteiger partial charge in [0, 0.05) is 17.1 Å². The number of benzene rings is 1. The van der Waals surface area contributed by atoms with Crippen LogP contribution >= 0.6 is 11.6 Å². The van der Waals surface area contributed by atoms with Crippen molar-refractivity contribution in [2.75, 3.05) is 0 Å². The zero-order valence-electron chi connectivity index (χ0n) is 6.23. The van der Waals surface area contributed by atoms with Crippen molar-refractivity contribution in [3.63, 3.8) is 0 Å². The van der Waals surface area contributed by atoms with E-state index in [0.29, 0.717) is 10.6 Å². The quantitative estimate of drug-likeness (QED) is 0.764. The Morgan fingerprint density at radius 3 is 2.50 bits per heavy atom. The Balaban J connectivity index is 3.02. The molecule has 0 amide bonds. The summed E-state index contributed by atoms with van der Waals surface area (Å²) < 4.78 is 24.2. The first-order valence-corrected chi connectivity index (χ1v) is 3.79. The molecule has 0 aliphatic rings. The first-order valence-electron chi connectivity index (χ1n) is 3.41. The van der Waals surface area contributed by atoms with E-state index in [9.17, 15) is 8.78 Å². The zero-order valence-corrected chi connectivity index (χ0v) is 6.98. The molecule has 2 N–H and O–H groups in total. The summed E-state index contributed by atoms with van der Waals surface area (Å²) >= 11 is 5.66. The molecule has 0 saturated carbocycles. The summed E-state index contributed by atoms with van der Waals surface area (Å²) in [6, 6.07) is 4.09. The largest absolute Gasteiger partial charge is 0.326 e. The molecule has 0 radical (unpaired) electrons. The van der Waals surface area contributed by atoms with Gasteiger partial charge in [0.1, 0.15) is 0 Å². The average molecular weight is 192 g/mol. The van der Waals surface area contributed by atoms with Crippen molar-refractivity contribution in [3.8, 4) is 0 Å². The van der Waals surface area contributed by atoms with E-state index in [-0.39, 0.29) is 12.1 Å². The lowest BCUT2D eigenvalue weighted by Crippen LogP contribution is -1.97. The van der Waals surface area contributed by atoms with Crippen LogP contribution in [0, 0.1) is 0 Å². The highest BCUT2D eigenvalue weighted by Crippen LogP contribution is 2.24. The van der Waals surface area contributed by atoms with Gasteiger partial charge in [-0.05, 0) is 11.6 Å². The maximum Gasteiger partial charge on any atom is 0.263 e. The summed E-state index contributed by atoms with van der Waals surface area (Å²) in [5, 5.41) is 0.301. The summed E-state index contributed by atoms with van der Waals surface area (Å²) in [7, 11) is 0. The van der Waals surface area contributed by atoms with E-state index in [0.717, 1.165) is 0 Å². The third-order valence-corrected chi connectivity index (χ3v) is 1.90. The molecule has 66 valence electrons. The first kappa shape index (κ1) is 9.42. The summed E-state index contributed by atoms with van der Waals surface area (Å²) in [6.45, 7) is 0.266. The van der Waals surface area contributed by atoms with Gasteiger partial charge >= 0.3 is 0 Å². The number of hydrogen-bond acceptors (Lipinski definition) is 1. The normalized spacial score (nSPS) is 10.8. The van der Waals surface area contributed by atoms with Crippen LogP contribution in [0.3, 0.4) is 0 Å². The maximum atomic E-state index is 12.1. The SMILES string of the molecule is NCc1ccc(C(F)F)cc1Cl. The molecule has 12 heavy (non-hydrogen) atoms. The lowest BCUT2D eigenvalue weighted by Gasteiger charge is -2.03. The Morgan fingerprint density at radius 2 is 2.08 bits per heavy atom. The van der Waals surface area contributed by atoms with Crippen molar-refractivity contribution in [1.29, 1.82) is 0 Å². The molecule has 1 rings (SSSR count). The molecule has 0 heterocycles. The minimum absolute atomic E-state index is 0.0720. The first-order chi connectivity index (χ1) is 5.65. The fourth-order valence-electron chi connectivity index (χ4n) is 0.865. The molecular weight excluding hydrogens is 184 g/mol. The zero-order chi connectivity index (χ0) is 9.14. The smallest absolute Gasteiger partial charge is 0.263 e. The van der Waals surface area contributed by atoms with Crippen LogP contribution in [-0.4, -0.2) is 0 Å². The molecule has 0 unspecified atom stereocenters. The number of hydrogen-bond donors (Lipinski definition) is 1. The molecule has 0 aromatic heterocycles. The fourth-order valence-corrected chi connectivity index (χ4v) is 1.13. The fraction of sp³-hybridized carbons (Fsp3) is 0.250. The van der Waals surface area contributed by atoms with Gasteiger partial charge in [-0.15, -0.1) is 0 Å². The third-order valence-electron chi connectivity index (χ3n) is 1.55. The van der Waals surface area contributed by atoms with Crippen LogP contribution in [0.2, 0.25) is 5.02 Å². The molecule has 0 fully saturated rings. The lowest BCUT2D eigenvalue weighted by atomic mass is 10.1. The number of alkyl halides is 2. The second kappa shape index (κ2) is 3.83. The Labute approximate surface area is 74.1 Å². The Morgan fingerprint density at radius 1 is 1.42 bits per heavy atom. The van der Waals surface area contributed by atoms with Gasteiger partial charge in [-0.1, -0.05) is 23.7 Å². The van der Waals surface area contributed by atoms with Crippen LogP contribution in [-0.2, 0) is 6.54 Å².